The van der Waals surface area contributed by atoms with Crippen LogP contribution in [0, 0.1) is 0 Å². The van der Waals surface area contributed by atoms with Gasteiger partial charge in [-0.15, -0.1) is 0 Å². The topological polar surface area (TPSA) is 55.6 Å². The number of carbonyl (C=O) groups is 1. The SMILES string of the molecule is CC1CN(C(=O)C(N)c2ccccc2)C(C)CO1. The largest absolute Gasteiger partial charge is 0.375 e. The number of carbonyl (C=O) groups excluding carboxylic acids is 1. The number of benzene rings is 1. The second-order valence-corrected chi connectivity index (χ2v) is 4.87. The van der Waals surface area contributed by atoms with Gasteiger partial charge in [0.25, 0.3) is 0 Å². The number of nitrogens with two attached hydrogens (primary N) is 1. The molecule has 1 amide bonds. The van der Waals surface area contributed by atoms with Crippen molar-refractivity contribution in [2.75, 3.05) is 13.2 Å². The molecule has 4 heteroatoms. The Labute approximate surface area is 108 Å². The quantitative estimate of drug-likeness (QED) is 0.859. The molecule has 1 aliphatic heterocycles. The lowest BCUT2D eigenvalue weighted by atomic mass is 10.0. The van der Waals surface area contributed by atoms with Crippen LogP contribution in [-0.2, 0) is 9.53 Å². The highest BCUT2D eigenvalue weighted by Crippen LogP contribution is 2.18. The maximum Gasteiger partial charge on any atom is 0.244 e. The Balaban J connectivity index is 2.10. The van der Waals surface area contributed by atoms with E-state index in [1.165, 1.54) is 0 Å². The Bertz CT molecular complexity index is 408. The van der Waals surface area contributed by atoms with Crippen LogP contribution in [0.3, 0.4) is 0 Å². The number of rotatable bonds is 2. The Morgan fingerprint density at radius 1 is 1.39 bits per heavy atom. The molecule has 0 saturated carbocycles. The molecule has 1 fully saturated rings. The van der Waals surface area contributed by atoms with Crippen molar-refractivity contribution in [3.05, 3.63) is 35.9 Å². The van der Waals surface area contributed by atoms with Crippen LogP contribution >= 0.6 is 0 Å². The fourth-order valence-corrected chi connectivity index (χ4v) is 2.19. The van der Waals surface area contributed by atoms with E-state index in [2.05, 4.69) is 0 Å². The number of ether oxygens (including phenoxy) is 1. The highest BCUT2D eigenvalue weighted by atomic mass is 16.5. The smallest absolute Gasteiger partial charge is 0.244 e. The lowest BCUT2D eigenvalue weighted by molar-refractivity contribution is -0.144. The minimum Gasteiger partial charge on any atom is -0.375 e. The summed E-state index contributed by atoms with van der Waals surface area (Å²) in [5, 5.41) is 0. The monoisotopic (exact) mass is 248 g/mol. The van der Waals surface area contributed by atoms with E-state index in [0.717, 1.165) is 5.56 Å². The van der Waals surface area contributed by atoms with Gasteiger partial charge in [-0.1, -0.05) is 30.3 Å². The number of amides is 1. The normalized spacial score (nSPS) is 25.8. The molecule has 1 saturated heterocycles. The van der Waals surface area contributed by atoms with Gasteiger partial charge in [-0.2, -0.15) is 0 Å². The fraction of sp³-hybridized carbons (Fsp3) is 0.500. The first kappa shape index (κ1) is 13.1. The molecule has 1 aromatic rings. The Morgan fingerprint density at radius 3 is 2.72 bits per heavy atom. The third kappa shape index (κ3) is 2.71. The minimum absolute atomic E-state index is 0.0242. The summed E-state index contributed by atoms with van der Waals surface area (Å²) in [7, 11) is 0. The molecule has 2 N–H and O–H groups in total. The molecule has 0 spiro atoms. The maximum atomic E-state index is 12.4. The summed E-state index contributed by atoms with van der Waals surface area (Å²) < 4.78 is 5.52. The standard InChI is InChI=1S/C14H20N2O2/c1-10-9-18-11(2)8-16(10)14(17)13(15)12-6-4-3-5-7-12/h3-7,10-11,13H,8-9,15H2,1-2H3. The Morgan fingerprint density at radius 2 is 2.06 bits per heavy atom. The van der Waals surface area contributed by atoms with E-state index in [4.69, 9.17) is 10.5 Å². The Kier molecular flexibility index (Phi) is 3.99. The number of hydrogen-bond acceptors (Lipinski definition) is 3. The predicted molar refractivity (Wildman–Crippen MR) is 70.0 cm³/mol. The van der Waals surface area contributed by atoms with Gasteiger partial charge in [-0.25, -0.2) is 0 Å². The van der Waals surface area contributed by atoms with Crippen LogP contribution in [0.5, 0.6) is 0 Å². The zero-order valence-corrected chi connectivity index (χ0v) is 10.9. The van der Waals surface area contributed by atoms with Gasteiger partial charge >= 0.3 is 0 Å². The summed E-state index contributed by atoms with van der Waals surface area (Å²) in [5.41, 5.74) is 6.90. The second-order valence-electron chi connectivity index (χ2n) is 4.87. The number of nitrogens with zero attached hydrogens (tertiary/aromatic N) is 1. The van der Waals surface area contributed by atoms with Crippen molar-refractivity contribution in [2.24, 2.45) is 5.73 Å². The van der Waals surface area contributed by atoms with Crippen molar-refractivity contribution in [3.8, 4) is 0 Å². The van der Waals surface area contributed by atoms with Gasteiger partial charge in [0.1, 0.15) is 6.04 Å². The van der Waals surface area contributed by atoms with Crippen LogP contribution in [0.15, 0.2) is 30.3 Å². The third-order valence-corrected chi connectivity index (χ3v) is 3.32. The molecule has 18 heavy (non-hydrogen) atoms. The van der Waals surface area contributed by atoms with Crippen LogP contribution in [0.2, 0.25) is 0 Å². The first-order valence-electron chi connectivity index (χ1n) is 6.32. The van der Waals surface area contributed by atoms with E-state index in [1.807, 2.05) is 49.1 Å². The van der Waals surface area contributed by atoms with Crippen LogP contribution in [0.4, 0.5) is 0 Å². The summed E-state index contributed by atoms with van der Waals surface area (Å²) in [4.78, 5) is 14.2. The molecule has 3 atom stereocenters. The van der Waals surface area contributed by atoms with Crippen molar-refractivity contribution in [3.63, 3.8) is 0 Å². The van der Waals surface area contributed by atoms with Crippen LogP contribution in [0.1, 0.15) is 25.5 Å². The van der Waals surface area contributed by atoms with Crippen molar-refractivity contribution in [1.82, 2.24) is 4.90 Å². The summed E-state index contributed by atoms with van der Waals surface area (Å²) in [6.07, 6.45) is 0.0770. The minimum atomic E-state index is -0.584. The van der Waals surface area contributed by atoms with Gasteiger partial charge < -0.3 is 15.4 Å². The molecule has 0 radical (unpaired) electrons. The predicted octanol–water partition coefficient (Wildman–Crippen LogP) is 1.32. The summed E-state index contributed by atoms with van der Waals surface area (Å²) in [5.74, 6) is -0.0242. The zero-order chi connectivity index (χ0) is 13.1. The van der Waals surface area contributed by atoms with E-state index >= 15 is 0 Å². The van der Waals surface area contributed by atoms with Crippen molar-refractivity contribution >= 4 is 5.91 Å². The van der Waals surface area contributed by atoms with E-state index in [-0.39, 0.29) is 18.1 Å². The van der Waals surface area contributed by atoms with Crippen molar-refractivity contribution < 1.29 is 9.53 Å². The maximum absolute atomic E-state index is 12.4. The van der Waals surface area contributed by atoms with Gasteiger partial charge in [0, 0.05) is 6.54 Å². The number of morpholine rings is 1. The van der Waals surface area contributed by atoms with Gasteiger partial charge in [0.15, 0.2) is 0 Å². The van der Waals surface area contributed by atoms with Crippen LogP contribution < -0.4 is 5.73 Å². The molecule has 1 heterocycles. The summed E-state index contributed by atoms with van der Waals surface area (Å²) in [6.45, 7) is 5.15. The molecule has 1 aromatic carbocycles. The molecule has 0 aromatic heterocycles. The van der Waals surface area contributed by atoms with E-state index in [1.54, 1.807) is 0 Å². The molecular weight excluding hydrogens is 228 g/mol. The average molecular weight is 248 g/mol. The van der Waals surface area contributed by atoms with E-state index < -0.39 is 6.04 Å². The summed E-state index contributed by atoms with van der Waals surface area (Å²) >= 11 is 0. The van der Waals surface area contributed by atoms with Gasteiger partial charge in [0.05, 0.1) is 18.8 Å². The van der Waals surface area contributed by atoms with Gasteiger partial charge in [-0.3, -0.25) is 4.79 Å². The molecule has 2 rings (SSSR count). The van der Waals surface area contributed by atoms with Crippen molar-refractivity contribution in [2.45, 2.75) is 32.0 Å². The Hall–Kier alpha value is -1.39. The first-order chi connectivity index (χ1) is 8.59. The second kappa shape index (κ2) is 5.50. The molecule has 0 bridgehead atoms. The zero-order valence-electron chi connectivity index (χ0n) is 10.9. The average Bonchev–Trinajstić information content (AvgIpc) is 2.41. The third-order valence-electron chi connectivity index (χ3n) is 3.32. The van der Waals surface area contributed by atoms with Gasteiger partial charge in [0.2, 0.25) is 5.91 Å². The number of hydrogen-bond donors (Lipinski definition) is 1. The first-order valence-corrected chi connectivity index (χ1v) is 6.32. The highest BCUT2D eigenvalue weighted by molar-refractivity contribution is 5.83. The van der Waals surface area contributed by atoms with Crippen molar-refractivity contribution in [1.29, 1.82) is 0 Å². The van der Waals surface area contributed by atoms with E-state index in [0.29, 0.717) is 13.2 Å². The molecule has 4 nitrogen and oxygen atoms in total. The van der Waals surface area contributed by atoms with E-state index in [9.17, 15) is 4.79 Å². The fourth-order valence-electron chi connectivity index (χ4n) is 2.19. The highest BCUT2D eigenvalue weighted by Gasteiger charge is 2.31. The molecule has 0 aliphatic carbocycles. The molecule has 1 aliphatic rings. The van der Waals surface area contributed by atoms with Gasteiger partial charge in [-0.05, 0) is 19.4 Å². The molecule has 98 valence electrons. The summed E-state index contributed by atoms with van der Waals surface area (Å²) in [6, 6.07) is 8.98. The lowest BCUT2D eigenvalue weighted by Crippen LogP contribution is -2.52. The lowest BCUT2D eigenvalue weighted by Gasteiger charge is -2.38. The van der Waals surface area contributed by atoms with Crippen LogP contribution in [-0.4, -0.2) is 36.1 Å². The van der Waals surface area contributed by atoms with Crippen LogP contribution in [0.25, 0.3) is 0 Å². The molecular formula is C14H20N2O2. The molecule has 3 unspecified atom stereocenters.